The van der Waals surface area contributed by atoms with Gasteiger partial charge in [-0.15, -0.1) is 0 Å². The third-order valence-electron chi connectivity index (χ3n) is 3.10. The smallest absolute Gasteiger partial charge is 0.120 e. The Hall–Kier alpha value is -1.32. The first-order chi connectivity index (χ1) is 10.1. The molecule has 0 radical (unpaired) electrons. The first kappa shape index (κ1) is 16.1. The third kappa shape index (κ3) is 5.90. The summed E-state index contributed by atoms with van der Waals surface area (Å²) in [6.45, 7) is 6.93. The van der Waals surface area contributed by atoms with Gasteiger partial charge in [-0.3, -0.25) is 0 Å². The maximum atomic E-state index is 5.86. The molecule has 0 spiro atoms. The lowest BCUT2D eigenvalue weighted by Gasteiger charge is -2.10. The molecule has 0 unspecified atom stereocenters. The number of benzene rings is 2. The minimum atomic E-state index is 0.593. The molecule has 2 aromatic carbocycles. The van der Waals surface area contributed by atoms with Crippen molar-refractivity contribution >= 4 is 15.9 Å². The second-order valence-corrected chi connectivity index (χ2v) is 6.50. The molecule has 1 N–H and O–H groups in total. The molecule has 0 saturated carbocycles. The van der Waals surface area contributed by atoms with Crippen LogP contribution in [-0.4, -0.2) is 6.54 Å². The van der Waals surface area contributed by atoms with Crippen LogP contribution in [0.4, 0.5) is 0 Å². The summed E-state index contributed by atoms with van der Waals surface area (Å²) in [6, 6.07) is 16.5. The fourth-order valence-corrected chi connectivity index (χ4v) is 2.26. The second-order valence-electron chi connectivity index (χ2n) is 5.59. The summed E-state index contributed by atoms with van der Waals surface area (Å²) in [5.41, 5.74) is 2.42. The van der Waals surface area contributed by atoms with Gasteiger partial charge in [-0.25, -0.2) is 0 Å². The Bertz CT molecular complexity index is 551. The maximum Gasteiger partial charge on any atom is 0.120 e. The van der Waals surface area contributed by atoms with E-state index in [4.69, 9.17) is 4.74 Å². The first-order valence-electron chi connectivity index (χ1n) is 7.30. The molecule has 2 rings (SSSR count). The van der Waals surface area contributed by atoms with E-state index in [-0.39, 0.29) is 0 Å². The van der Waals surface area contributed by atoms with Gasteiger partial charge in [0.2, 0.25) is 0 Å². The van der Waals surface area contributed by atoms with Gasteiger partial charge in [0.05, 0.1) is 0 Å². The minimum absolute atomic E-state index is 0.593. The summed E-state index contributed by atoms with van der Waals surface area (Å²) in [4.78, 5) is 0. The molecule has 3 heteroatoms. The topological polar surface area (TPSA) is 21.3 Å². The van der Waals surface area contributed by atoms with Gasteiger partial charge in [-0.05, 0) is 47.9 Å². The molecule has 2 aromatic rings. The molecule has 0 aliphatic rings. The summed E-state index contributed by atoms with van der Waals surface area (Å²) in [7, 11) is 0. The van der Waals surface area contributed by atoms with Crippen molar-refractivity contribution in [2.45, 2.75) is 27.0 Å². The van der Waals surface area contributed by atoms with E-state index in [1.807, 2.05) is 24.3 Å². The quantitative estimate of drug-likeness (QED) is 0.778. The number of halogens is 1. The molecular formula is C18H22BrNO. The van der Waals surface area contributed by atoms with E-state index < -0.39 is 0 Å². The van der Waals surface area contributed by atoms with E-state index in [1.54, 1.807) is 0 Å². The molecular weight excluding hydrogens is 326 g/mol. The molecule has 0 heterocycles. The van der Waals surface area contributed by atoms with Crippen molar-refractivity contribution in [3.63, 3.8) is 0 Å². The van der Waals surface area contributed by atoms with Crippen LogP contribution in [0.25, 0.3) is 0 Å². The Morgan fingerprint density at radius 3 is 2.52 bits per heavy atom. The molecule has 21 heavy (non-hydrogen) atoms. The van der Waals surface area contributed by atoms with Crippen LogP contribution >= 0.6 is 15.9 Å². The number of hydrogen-bond donors (Lipinski definition) is 1. The zero-order valence-electron chi connectivity index (χ0n) is 12.6. The Labute approximate surface area is 135 Å². The highest BCUT2D eigenvalue weighted by atomic mass is 79.9. The maximum absolute atomic E-state index is 5.86. The standard InChI is InChI=1S/C18H22BrNO/c1-14(2)11-20-12-16-4-3-5-18(10-16)21-13-15-6-8-17(19)9-7-15/h3-10,14,20H,11-13H2,1-2H3. The van der Waals surface area contributed by atoms with Gasteiger partial charge < -0.3 is 10.1 Å². The van der Waals surface area contributed by atoms with Crippen LogP contribution < -0.4 is 10.1 Å². The predicted octanol–water partition coefficient (Wildman–Crippen LogP) is 4.77. The average Bonchev–Trinajstić information content (AvgIpc) is 2.47. The Morgan fingerprint density at radius 2 is 1.81 bits per heavy atom. The predicted molar refractivity (Wildman–Crippen MR) is 91.5 cm³/mol. The lowest BCUT2D eigenvalue weighted by atomic mass is 10.2. The van der Waals surface area contributed by atoms with Crippen molar-refractivity contribution in [2.75, 3.05) is 6.54 Å². The van der Waals surface area contributed by atoms with Gasteiger partial charge in [-0.1, -0.05) is 54.0 Å². The van der Waals surface area contributed by atoms with E-state index in [0.29, 0.717) is 12.5 Å². The summed E-state index contributed by atoms with van der Waals surface area (Å²) < 4.78 is 6.94. The van der Waals surface area contributed by atoms with Gasteiger partial charge in [0.15, 0.2) is 0 Å². The Balaban J connectivity index is 1.87. The lowest BCUT2D eigenvalue weighted by Crippen LogP contribution is -2.18. The van der Waals surface area contributed by atoms with Crippen LogP contribution in [0.3, 0.4) is 0 Å². The minimum Gasteiger partial charge on any atom is -0.489 e. The highest BCUT2D eigenvalue weighted by Gasteiger charge is 1.99. The van der Waals surface area contributed by atoms with Crippen LogP contribution in [0.1, 0.15) is 25.0 Å². The fourth-order valence-electron chi connectivity index (χ4n) is 2.00. The van der Waals surface area contributed by atoms with Gasteiger partial charge in [0, 0.05) is 11.0 Å². The third-order valence-corrected chi connectivity index (χ3v) is 3.63. The highest BCUT2D eigenvalue weighted by molar-refractivity contribution is 9.10. The fraction of sp³-hybridized carbons (Fsp3) is 0.333. The molecule has 0 saturated heterocycles. The van der Waals surface area contributed by atoms with Crippen molar-refractivity contribution in [1.82, 2.24) is 5.32 Å². The Morgan fingerprint density at radius 1 is 1.05 bits per heavy atom. The van der Waals surface area contributed by atoms with Gasteiger partial charge in [0.25, 0.3) is 0 Å². The normalized spacial score (nSPS) is 10.9. The van der Waals surface area contributed by atoms with E-state index in [9.17, 15) is 0 Å². The second kappa shape index (κ2) is 8.20. The van der Waals surface area contributed by atoms with Gasteiger partial charge in [0.1, 0.15) is 12.4 Å². The SMILES string of the molecule is CC(C)CNCc1cccc(OCc2ccc(Br)cc2)c1. The summed E-state index contributed by atoms with van der Waals surface area (Å²) in [6.07, 6.45) is 0. The number of rotatable bonds is 7. The van der Waals surface area contributed by atoms with Crippen molar-refractivity contribution in [2.24, 2.45) is 5.92 Å². The van der Waals surface area contributed by atoms with E-state index >= 15 is 0 Å². The van der Waals surface area contributed by atoms with Crippen LogP contribution in [0.5, 0.6) is 5.75 Å². The van der Waals surface area contributed by atoms with Gasteiger partial charge in [-0.2, -0.15) is 0 Å². The molecule has 0 aromatic heterocycles. The zero-order chi connectivity index (χ0) is 15.1. The van der Waals surface area contributed by atoms with E-state index in [1.165, 1.54) is 11.1 Å². The molecule has 0 bridgehead atoms. The molecule has 0 atom stereocenters. The Kier molecular flexibility index (Phi) is 6.27. The molecule has 0 fully saturated rings. The average molecular weight is 348 g/mol. The van der Waals surface area contributed by atoms with Crippen molar-refractivity contribution in [3.8, 4) is 5.75 Å². The summed E-state index contributed by atoms with van der Waals surface area (Å²) in [5.74, 6) is 1.59. The number of ether oxygens (including phenoxy) is 1. The largest absolute Gasteiger partial charge is 0.489 e. The van der Waals surface area contributed by atoms with Crippen molar-refractivity contribution in [1.29, 1.82) is 0 Å². The highest BCUT2D eigenvalue weighted by Crippen LogP contribution is 2.16. The monoisotopic (exact) mass is 347 g/mol. The number of nitrogens with one attached hydrogen (secondary N) is 1. The molecule has 2 nitrogen and oxygen atoms in total. The first-order valence-corrected chi connectivity index (χ1v) is 8.09. The van der Waals surface area contributed by atoms with Crippen LogP contribution in [-0.2, 0) is 13.2 Å². The summed E-state index contributed by atoms with van der Waals surface area (Å²) >= 11 is 3.44. The van der Waals surface area contributed by atoms with E-state index in [2.05, 4.69) is 59.4 Å². The van der Waals surface area contributed by atoms with Gasteiger partial charge >= 0.3 is 0 Å². The zero-order valence-corrected chi connectivity index (χ0v) is 14.2. The lowest BCUT2D eigenvalue weighted by molar-refractivity contribution is 0.306. The van der Waals surface area contributed by atoms with E-state index in [0.717, 1.165) is 23.3 Å². The molecule has 112 valence electrons. The van der Waals surface area contributed by atoms with Crippen LogP contribution in [0, 0.1) is 5.92 Å². The van der Waals surface area contributed by atoms with Crippen LogP contribution in [0.15, 0.2) is 53.0 Å². The molecule has 0 aliphatic heterocycles. The molecule has 0 aliphatic carbocycles. The van der Waals surface area contributed by atoms with Crippen molar-refractivity contribution in [3.05, 3.63) is 64.1 Å². The van der Waals surface area contributed by atoms with Crippen LogP contribution in [0.2, 0.25) is 0 Å². The number of hydrogen-bond acceptors (Lipinski definition) is 2. The summed E-state index contributed by atoms with van der Waals surface area (Å²) in [5, 5.41) is 3.45. The van der Waals surface area contributed by atoms with Crippen molar-refractivity contribution < 1.29 is 4.74 Å². The molecule has 0 amide bonds.